The first-order valence-corrected chi connectivity index (χ1v) is 10.6. The minimum atomic E-state index is -4.00. The van der Waals surface area contributed by atoms with Crippen molar-refractivity contribution in [2.75, 3.05) is 44.1 Å². The molecule has 0 bridgehead atoms. The number of carbonyl (C=O) groups excluding carboxylic acids is 2. The molecule has 29 heavy (non-hydrogen) atoms. The van der Waals surface area contributed by atoms with Gasteiger partial charge in [-0.2, -0.15) is 0 Å². The molecule has 0 atom stereocenters. The van der Waals surface area contributed by atoms with Crippen LogP contribution in [0.15, 0.2) is 59.5 Å². The monoisotopic (exact) mass is 417 g/mol. The molecule has 0 unspecified atom stereocenters. The van der Waals surface area contributed by atoms with E-state index in [1.807, 2.05) is 0 Å². The number of nitrogens with zero attached hydrogens (tertiary/aromatic N) is 3. The van der Waals surface area contributed by atoms with E-state index < -0.39 is 10.0 Å². The molecular weight excluding hydrogens is 394 g/mol. The van der Waals surface area contributed by atoms with Crippen LogP contribution in [0.5, 0.6) is 5.75 Å². The van der Waals surface area contributed by atoms with E-state index in [1.54, 1.807) is 52.3 Å². The van der Waals surface area contributed by atoms with Crippen LogP contribution >= 0.6 is 0 Å². The van der Waals surface area contributed by atoms with Crippen molar-refractivity contribution in [1.29, 1.82) is 0 Å². The Bertz CT molecular complexity index is 957. The van der Waals surface area contributed by atoms with Gasteiger partial charge in [-0.05, 0) is 24.3 Å². The molecule has 154 valence electrons. The van der Waals surface area contributed by atoms with Gasteiger partial charge in [-0.3, -0.25) is 13.9 Å². The third-order valence-corrected chi connectivity index (χ3v) is 6.55. The number of hydrogen-bond donors (Lipinski definition) is 0. The van der Waals surface area contributed by atoms with Crippen molar-refractivity contribution in [3.8, 4) is 5.75 Å². The van der Waals surface area contributed by atoms with Crippen LogP contribution in [0.2, 0.25) is 0 Å². The summed E-state index contributed by atoms with van der Waals surface area (Å²) in [5, 5.41) is 0. The van der Waals surface area contributed by atoms with E-state index in [-0.39, 0.29) is 17.3 Å². The number of para-hydroxylation sites is 2. The fraction of sp³-hybridized carbons (Fsp3) is 0.300. The molecule has 1 saturated heterocycles. The molecule has 9 heteroatoms. The zero-order valence-corrected chi connectivity index (χ0v) is 16.9. The van der Waals surface area contributed by atoms with Gasteiger partial charge in [-0.15, -0.1) is 0 Å². The summed E-state index contributed by atoms with van der Waals surface area (Å²) in [6.45, 7) is 1.22. The standard InChI is InChI=1S/C20H23N3O5S/c1-28-19-10-6-5-9-18(19)23(29(26,27)17-7-3-2-4-8-17)15-20(25)22-13-11-21(16-24)12-14-22/h2-10,16H,11-15H2,1H3. The maximum Gasteiger partial charge on any atom is 0.264 e. The number of methoxy groups -OCH3 is 1. The fourth-order valence-corrected chi connectivity index (χ4v) is 4.60. The number of ether oxygens (including phenoxy) is 1. The van der Waals surface area contributed by atoms with Crippen LogP contribution in [0.4, 0.5) is 5.69 Å². The maximum atomic E-state index is 13.4. The van der Waals surface area contributed by atoms with E-state index >= 15 is 0 Å². The number of piperazine rings is 1. The topological polar surface area (TPSA) is 87.2 Å². The molecule has 0 aromatic heterocycles. The lowest BCUT2D eigenvalue weighted by Crippen LogP contribution is -2.51. The second-order valence-electron chi connectivity index (χ2n) is 6.52. The Labute approximate surface area is 170 Å². The minimum Gasteiger partial charge on any atom is -0.495 e. The molecule has 3 rings (SSSR count). The van der Waals surface area contributed by atoms with Crippen molar-refractivity contribution in [1.82, 2.24) is 9.80 Å². The lowest BCUT2D eigenvalue weighted by atomic mass is 10.3. The van der Waals surface area contributed by atoms with Crippen molar-refractivity contribution < 1.29 is 22.7 Å². The lowest BCUT2D eigenvalue weighted by molar-refractivity contribution is -0.133. The summed E-state index contributed by atoms with van der Waals surface area (Å²) in [7, 11) is -2.55. The highest BCUT2D eigenvalue weighted by Crippen LogP contribution is 2.32. The van der Waals surface area contributed by atoms with Gasteiger partial charge in [0.15, 0.2) is 0 Å². The summed E-state index contributed by atoms with van der Waals surface area (Å²) < 4.78 is 33.1. The van der Waals surface area contributed by atoms with E-state index in [9.17, 15) is 18.0 Å². The van der Waals surface area contributed by atoms with Gasteiger partial charge in [0.05, 0.1) is 17.7 Å². The molecule has 0 saturated carbocycles. The van der Waals surface area contributed by atoms with Gasteiger partial charge < -0.3 is 14.5 Å². The molecule has 8 nitrogen and oxygen atoms in total. The highest BCUT2D eigenvalue weighted by atomic mass is 32.2. The van der Waals surface area contributed by atoms with Crippen LogP contribution in [0.3, 0.4) is 0 Å². The minimum absolute atomic E-state index is 0.0875. The summed E-state index contributed by atoms with van der Waals surface area (Å²) >= 11 is 0. The Balaban J connectivity index is 1.94. The van der Waals surface area contributed by atoms with Crippen LogP contribution in [0, 0.1) is 0 Å². The van der Waals surface area contributed by atoms with Crippen molar-refractivity contribution in [2.24, 2.45) is 0 Å². The van der Waals surface area contributed by atoms with Crippen LogP contribution in [0.25, 0.3) is 0 Å². The van der Waals surface area contributed by atoms with Crippen molar-refractivity contribution >= 4 is 28.0 Å². The first kappa shape index (κ1) is 20.7. The quantitative estimate of drug-likeness (QED) is 0.632. The third kappa shape index (κ3) is 4.51. The molecule has 1 heterocycles. The predicted octanol–water partition coefficient (Wildman–Crippen LogP) is 1.19. The Hall–Kier alpha value is -3.07. The van der Waals surface area contributed by atoms with Gasteiger partial charge in [-0.1, -0.05) is 30.3 Å². The van der Waals surface area contributed by atoms with Gasteiger partial charge >= 0.3 is 0 Å². The summed E-state index contributed by atoms with van der Waals surface area (Å²) in [6.07, 6.45) is 0.753. The van der Waals surface area contributed by atoms with E-state index in [0.29, 0.717) is 37.6 Å². The second kappa shape index (κ2) is 8.95. The Morgan fingerprint density at radius 1 is 1.03 bits per heavy atom. The van der Waals surface area contributed by atoms with Crippen LogP contribution in [0.1, 0.15) is 0 Å². The largest absolute Gasteiger partial charge is 0.495 e. The molecule has 2 aromatic carbocycles. The summed E-state index contributed by atoms with van der Waals surface area (Å²) in [5.74, 6) is 0.0199. The Morgan fingerprint density at radius 3 is 2.28 bits per heavy atom. The smallest absolute Gasteiger partial charge is 0.264 e. The number of rotatable bonds is 7. The average Bonchev–Trinajstić information content (AvgIpc) is 2.77. The number of anilines is 1. The molecule has 1 aliphatic heterocycles. The van der Waals surface area contributed by atoms with E-state index in [2.05, 4.69) is 0 Å². The summed E-state index contributed by atoms with van der Waals surface area (Å²) in [6, 6.07) is 14.7. The number of hydrogen-bond acceptors (Lipinski definition) is 5. The van der Waals surface area contributed by atoms with Crippen molar-refractivity contribution in [2.45, 2.75) is 4.90 Å². The third-order valence-electron chi connectivity index (χ3n) is 4.78. The molecule has 0 aliphatic carbocycles. The fourth-order valence-electron chi connectivity index (χ4n) is 3.15. The highest BCUT2D eigenvalue weighted by molar-refractivity contribution is 7.92. The normalized spacial score (nSPS) is 14.4. The summed E-state index contributed by atoms with van der Waals surface area (Å²) in [5.41, 5.74) is 0.290. The molecule has 0 spiro atoms. The van der Waals surface area contributed by atoms with Crippen LogP contribution in [-0.2, 0) is 19.6 Å². The zero-order valence-electron chi connectivity index (χ0n) is 16.1. The van der Waals surface area contributed by atoms with Gasteiger partial charge in [-0.25, -0.2) is 8.42 Å². The molecule has 0 N–H and O–H groups in total. The number of amides is 2. The van der Waals surface area contributed by atoms with Gasteiger partial charge in [0.1, 0.15) is 12.3 Å². The van der Waals surface area contributed by atoms with Crippen LogP contribution < -0.4 is 9.04 Å². The molecule has 1 aliphatic rings. The number of benzene rings is 2. The summed E-state index contributed by atoms with van der Waals surface area (Å²) in [4.78, 5) is 27.1. The highest BCUT2D eigenvalue weighted by Gasteiger charge is 2.31. The first-order valence-electron chi connectivity index (χ1n) is 9.15. The zero-order chi connectivity index (χ0) is 20.9. The molecule has 2 aromatic rings. The average molecular weight is 417 g/mol. The van der Waals surface area contributed by atoms with Gasteiger partial charge in [0.2, 0.25) is 12.3 Å². The SMILES string of the molecule is COc1ccccc1N(CC(=O)N1CCN(C=O)CC1)S(=O)(=O)c1ccccc1. The van der Waals surface area contributed by atoms with Gasteiger partial charge in [0, 0.05) is 26.2 Å². The predicted molar refractivity (Wildman–Crippen MR) is 108 cm³/mol. The Morgan fingerprint density at radius 2 is 1.66 bits per heavy atom. The number of carbonyl (C=O) groups is 2. The molecule has 1 fully saturated rings. The van der Waals surface area contributed by atoms with E-state index in [0.717, 1.165) is 10.7 Å². The molecule has 2 amide bonds. The van der Waals surface area contributed by atoms with E-state index in [4.69, 9.17) is 4.74 Å². The Kier molecular flexibility index (Phi) is 6.38. The van der Waals surface area contributed by atoms with Crippen LogP contribution in [-0.4, -0.2) is 70.4 Å². The van der Waals surface area contributed by atoms with Crippen molar-refractivity contribution in [3.63, 3.8) is 0 Å². The number of sulfonamides is 1. The van der Waals surface area contributed by atoms with Gasteiger partial charge in [0.25, 0.3) is 10.0 Å². The van der Waals surface area contributed by atoms with Crippen molar-refractivity contribution in [3.05, 3.63) is 54.6 Å². The first-order chi connectivity index (χ1) is 14.0. The lowest BCUT2D eigenvalue weighted by Gasteiger charge is -2.34. The maximum absolute atomic E-state index is 13.4. The second-order valence-corrected chi connectivity index (χ2v) is 8.38. The van der Waals surface area contributed by atoms with E-state index in [1.165, 1.54) is 19.2 Å². The molecular formula is C20H23N3O5S. The molecule has 0 radical (unpaired) electrons.